The minimum absolute atomic E-state index is 0. The van der Waals surface area contributed by atoms with Crippen molar-refractivity contribution in [3.05, 3.63) is 357 Å². The van der Waals surface area contributed by atoms with Gasteiger partial charge in [-0.3, -0.25) is 0 Å². The largest absolute Gasteiger partial charge is 0.511 e. The molecule has 16 nitrogen and oxygen atoms in total. The fourth-order valence-electron chi connectivity index (χ4n) is 16.3. The highest BCUT2D eigenvalue weighted by Crippen LogP contribution is 2.36. The summed E-state index contributed by atoms with van der Waals surface area (Å²) < 4.78 is 0. The molecule has 21 rings (SSSR count). The molecule has 14 heterocycles. The molecule has 0 saturated heterocycles. The number of aliphatic hydroxyl groups is 1. The van der Waals surface area contributed by atoms with Crippen molar-refractivity contribution in [1.29, 1.82) is 0 Å². The van der Waals surface area contributed by atoms with Gasteiger partial charge >= 0.3 is 0 Å². The summed E-state index contributed by atoms with van der Waals surface area (Å²) in [5, 5.41) is 16.5. The van der Waals surface area contributed by atoms with E-state index >= 15 is 0 Å². The Morgan fingerprint density at radius 1 is 0.361 bits per heavy atom. The van der Waals surface area contributed by atoms with E-state index in [1.54, 1.807) is 0 Å². The number of nitrogens with one attached hydrogen (secondary N) is 4. The van der Waals surface area contributed by atoms with Crippen molar-refractivity contribution in [3.8, 4) is 11.1 Å². The Morgan fingerprint density at radius 2 is 0.798 bits per heavy atom. The van der Waals surface area contributed by atoms with Gasteiger partial charge in [0.15, 0.2) is 23.3 Å². The highest BCUT2D eigenvalue weighted by Gasteiger charge is 2.29. The van der Waals surface area contributed by atoms with Crippen LogP contribution < -0.4 is 31.9 Å². The summed E-state index contributed by atoms with van der Waals surface area (Å²) in [6.07, 6.45) is 21.3. The first kappa shape index (κ1) is 77.3. The van der Waals surface area contributed by atoms with E-state index in [1.807, 2.05) is 62.4 Å². The van der Waals surface area contributed by atoms with E-state index in [0.29, 0.717) is 58.3 Å². The molecular formula is C103H93N15O. The number of hydrogen-bond acceptors (Lipinski definition) is 12. The first-order chi connectivity index (χ1) is 56.8. The molecule has 0 radical (unpaired) electrons. The van der Waals surface area contributed by atoms with Crippen molar-refractivity contribution in [2.75, 3.05) is 0 Å². The Labute approximate surface area is 691 Å². The lowest BCUT2D eigenvalue weighted by atomic mass is 9.98. The van der Waals surface area contributed by atoms with Crippen molar-refractivity contribution in [2.24, 2.45) is 50.8 Å². The van der Waals surface area contributed by atoms with Gasteiger partial charge < -0.3 is 25.0 Å². The number of hydrogen-bond donors (Lipinski definition) is 5. The van der Waals surface area contributed by atoms with E-state index in [9.17, 15) is 5.11 Å². The smallest absolute Gasteiger partial charge is 0.164 e. The molecule has 119 heavy (non-hydrogen) atoms. The van der Waals surface area contributed by atoms with E-state index < -0.39 is 0 Å². The van der Waals surface area contributed by atoms with Gasteiger partial charge in [-0.15, -0.1) is 0 Å². The van der Waals surface area contributed by atoms with Crippen molar-refractivity contribution in [3.63, 3.8) is 0 Å². The van der Waals surface area contributed by atoms with Gasteiger partial charge in [0.05, 0.1) is 68.4 Å². The number of allylic oxidation sites excluding steroid dienone is 9. The molecule has 11 aromatic rings. The summed E-state index contributed by atoms with van der Waals surface area (Å²) in [7, 11) is 0. The molecule has 0 spiro atoms. The second-order valence-electron chi connectivity index (χ2n) is 31.8. The van der Waals surface area contributed by atoms with E-state index in [2.05, 4.69) is 277 Å². The van der Waals surface area contributed by atoms with Gasteiger partial charge in [0.1, 0.15) is 16.7 Å². The average Bonchev–Trinajstić information content (AvgIpc) is 1.62. The van der Waals surface area contributed by atoms with E-state index in [1.165, 1.54) is 16.7 Å². The van der Waals surface area contributed by atoms with Crippen molar-refractivity contribution >= 4 is 126 Å². The number of aliphatic hydroxyl groups excluding tert-OH is 1. The molecule has 586 valence electrons. The molecule has 1 aliphatic carbocycles. The van der Waals surface area contributed by atoms with Gasteiger partial charge in [-0.2, -0.15) is 0 Å². The number of benzene rings is 6. The minimum atomic E-state index is 0. The maximum atomic E-state index is 10.5. The van der Waals surface area contributed by atoms with Crippen LogP contribution in [0.1, 0.15) is 180 Å². The fraction of sp³-hybridized carbons (Fsp3) is 0.175. The minimum Gasteiger partial charge on any atom is -0.511 e. The number of aliphatic imine (C=N–C) groups is 7. The molecule has 24 bridgehead atoms. The molecule has 16 heteroatoms. The van der Waals surface area contributed by atoms with Crippen molar-refractivity contribution in [2.45, 2.75) is 116 Å². The van der Waals surface area contributed by atoms with Crippen LogP contribution in [-0.4, -0.2) is 75.5 Å². The van der Waals surface area contributed by atoms with Crippen LogP contribution in [0.5, 0.6) is 0 Å². The van der Waals surface area contributed by atoms with Crippen LogP contribution in [0.4, 0.5) is 0 Å². The van der Waals surface area contributed by atoms with Gasteiger partial charge in [0, 0.05) is 122 Å². The second kappa shape index (κ2) is 31.1. The third-order valence-corrected chi connectivity index (χ3v) is 23.4. The summed E-state index contributed by atoms with van der Waals surface area (Å²) in [5.74, 6) is 3.92. The quantitative estimate of drug-likeness (QED) is 0.116. The number of aryl methyl sites for hydroxylation is 2. The van der Waals surface area contributed by atoms with Gasteiger partial charge in [0.2, 0.25) is 0 Å². The maximum absolute atomic E-state index is 10.5. The number of fused-ring (bicyclic) bond motifs is 29. The maximum Gasteiger partial charge on any atom is 0.164 e. The predicted octanol–water partition coefficient (Wildman–Crippen LogP) is 19.8. The summed E-state index contributed by atoms with van der Waals surface area (Å²) in [5.41, 5.74) is 35.2. The second-order valence-corrected chi connectivity index (χ2v) is 31.8. The third-order valence-electron chi connectivity index (χ3n) is 23.4. The zero-order valence-corrected chi connectivity index (χ0v) is 67.3. The highest BCUT2D eigenvalue weighted by atomic mass is 16.3. The zero-order valence-electron chi connectivity index (χ0n) is 67.3. The normalized spacial score (nSPS) is 15.5. The molecule has 0 atom stereocenters. The van der Waals surface area contributed by atoms with Crippen LogP contribution in [0, 0.1) is 26.7 Å². The lowest BCUT2D eigenvalue weighted by molar-refractivity contribution is 0.446. The van der Waals surface area contributed by atoms with E-state index in [0.717, 1.165) is 200 Å². The summed E-state index contributed by atoms with van der Waals surface area (Å²) >= 11 is 0. The number of aromatic amines is 4. The number of aromatic nitrogens is 6. The summed E-state index contributed by atoms with van der Waals surface area (Å²) in [6, 6.07) is 61.0. The third kappa shape index (κ3) is 14.1. The lowest BCUT2D eigenvalue weighted by Gasteiger charge is -2.08. The Bertz CT molecular complexity index is 7240. The molecule has 5 N–H and O–H groups in total. The Balaban J connectivity index is 0.000000127. The molecule has 10 aliphatic rings. The summed E-state index contributed by atoms with van der Waals surface area (Å²) in [6.45, 7) is 25.4. The molecule has 0 fully saturated rings. The van der Waals surface area contributed by atoms with Crippen LogP contribution in [0.3, 0.4) is 0 Å². The van der Waals surface area contributed by atoms with Gasteiger partial charge in [0.25, 0.3) is 0 Å². The molecule has 0 saturated carbocycles. The monoisotopic (exact) mass is 1560 g/mol. The molecular weight excluding hydrogens is 1460 g/mol. The first-order valence-electron chi connectivity index (χ1n) is 40.1. The van der Waals surface area contributed by atoms with Crippen LogP contribution in [-0.2, 0) is 0 Å². The van der Waals surface area contributed by atoms with Crippen molar-refractivity contribution in [1.82, 2.24) is 29.9 Å². The van der Waals surface area contributed by atoms with Crippen LogP contribution in [0.15, 0.2) is 286 Å². The zero-order chi connectivity index (χ0) is 80.2. The number of H-pyrrole nitrogens is 4. The number of nitrogens with zero attached hydrogens (tertiary/aromatic N) is 11. The molecule has 0 unspecified atom stereocenters. The molecule has 6 aromatic carbocycles. The fourth-order valence-corrected chi connectivity index (χ4v) is 16.3. The Morgan fingerprint density at radius 3 is 1.30 bits per heavy atom. The van der Waals surface area contributed by atoms with Crippen molar-refractivity contribution < 1.29 is 5.11 Å². The SMILES string of the molecule is C.C.CC(C)c1ccc2c(c1)=C1CC=2N=C2N=C(N=c3[nH]c(c4ccccc34)=NC3=NC(=N1)c1ccccc13)c1ccccc12.CC1=C2C=CC(=N2)C(C)=C2C=CC(=N2)C(=c2ccc(=C(O)C(C)C)cc2)c2ccc([nH]2)C(C)=C2C=CC1=N2.Cc1c2nc(c(C)c3ccc([nH]3)c(-c3ccc(C(C)C)cc3)c3ccc([nH]3)c(C)c3nc1C=C3)C=C2. The average molecular weight is 1560 g/mol. The van der Waals surface area contributed by atoms with Gasteiger partial charge in [-0.1, -0.05) is 190 Å². The van der Waals surface area contributed by atoms with E-state index in [4.69, 9.17) is 54.9 Å². The standard InChI is InChI=1S/C36H25N7.C33H30N4O.C32H30N4.2CH4/c1-19(2)20-15-16-21-28(17-20)30-18-29(21)37-31-22-9-3-5-11-24(22)33(39-31)41-35-26-13-7-8-14-27(26)36(43-35)42-34-25-12-6-4-10-23(25)32(38-30)40-34;1-18(2)33(38)23-8-6-22(7-9-23)32-30-16-14-28(36-30)20(4)26-12-10-24(34-26)19(3)25-11-13-27(35-25)21(5)29-15-17-31(32)37-29;1-18(2)22-6-8-23(9-7-22)32-30-16-14-28(35-30)20(4)26-12-10-24(33-26)19(3)25-11-13-27(34-25)21(5)29-15-17-31(32)36-29;;/h3-17,19H,18H2,1-2H3,(H,37,38,39,40,41,42,43);6-18,36,38H,1-5H3;6-18,35-36H,1-5H3;2*1H4. The van der Waals surface area contributed by atoms with Crippen LogP contribution >= 0.6 is 0 Å². The van der Waals surface area contributed by atoms with E-state index in [-0.39, 0.29) is 20.8 Å². The predicted molar refractivity (Wildman–Crippen MR) is 495 cm³/mol. The van der Waals surface area contributed by atoms with Gasteiger partial charge in [-0.05, 0) is 195 Å². The number of rotatable bonds is 4. The van der Waals surface area contributed by atoms with Crippen LogP contribution in [0.25, 0.3) is 96.6 Å². The lowest BCUT2D eigenvalue weighted by Crippen LogP contribution is -2.25. The molecule has 5 aromatic heterocycles. The van der Waals surface area contributed by atoms with Crippen LogP contribution in [0.2, 0.25) is 0 Å². The number of amidine groups is 4. The summed E-state index contributed by atoms with van der Waals surface area (Å²) in [4.78, 5) is 69.9. The topological polar surface area (TPSA) is 220 Å². The molecule has 0 amide bonds. The first-order valence-corrected chi connectivity index (χ1v) is 40.1. The highest BCUT2D eigenvalue weighted by molar-refractivity contribution is 6.31. The Kier molecular flexibility index (Phi) is 20.2. The Hall–Kier alpha value is -14.3. The van der Waals surface area contributed by atoms with Gasteiger partial charge in [-0.25, -0.2) is 54.9 Å². The molecule has 9 aliphatic heterocycles.